The summed E-state index contributed by atoms with van der Waals surface area (Å²) >= 11 is 6.02. The Hall–Kier alpha value is -2.00. The van der Waals surface area contributed by atoms with Crippen molar-refractivity contribution in [3.8, 4) is 11.4 Å². The molecule has 3 aromatic rings. The van der Waals surface area contributed by atoms with Crippen molar-refractivity contribution in [3.05, 3.63) is 53.4 Å². The zero-order chi connectivity index (χ0) is 13.2. The molecule has 0 aliphatic carbocycles. The molecule has 94 valence electrons. The highest BCUT2D eigenvalue weighted by Gasteiger charge is 2.06. The van der Waals surface area contributed by atoms with E-state index in [0.29, 0.717) is 5.15 Å². The number of aromatic nitrogens is 3. The summed E-state index contributed by atoms with van der Waals surface area (Å²) in [5.41, 5.74) is 2.54. The molecule has 0 radical (unpaired) electrons. The summed E-state index contributed by atoms with van der Waals surface area (Å²) < 4.78 is 0. The zero-order valence-electron chi connectivity index (χ0n) is 10.5. The lowest BCUT2D eigenvalue weighted by atomic mass is 10.2. The van der Waals surface area contributed by atoms with Gasteiger partial charge in [-0.2, -0.15) is 0 Å². The number of aryl methyl sites for hydroxylation is 1. The van der Waals surface area contributed by atoms with Gasteiger partial charge >= 0.3 is 0 Å². The van der Waals surface area contributed by atoms with Crippen LogP contribution in [0.2, 0.25) is 5.15 Å². The number of hydrogen-bond donors (Lipinski definition) is 0. The Bertz CT molecular complexity index is 740. The molecule has 3 rings (SSSR count). The minimum atomic E-state index is 0.455. The number of pyridine rings is 1. The van der Waals surface area contributed by atoms with Crippen molar-refractivity contribution in [1.29, 1.82) is 0 Å². The number of benzene rings is 1. The monoisotopic (exact) mass is 269 g/mol. The van der Waals surface area contributed by atoms with Crippen LogP contribution in [0.4, 0.5) is 0 Å². The second kappa shape index (κ2) is 4.94. The average molecular weight is 270 g/mol. The van der Waals surface area contributed by atoms with Crippen LogP contribution < -0.4 is 0 Å². The normalized spacial score (nSPS) is 10.8. The van der Waals surface area contributed by atoms with Crippen LogP contribution in [-0.2, 0) is 6.42 Å². The highest BCUT2D eigenvalue weighted by atomic mass is 35.5. The quantitative estimate of drug-likeness (QED) is 0.662. The van der Waals surface area contributed by atoms with E-state index in [0.717, 1.165) is 34.5 Å². The Balaban J connectivity index is 2.15. The van der Waals surface area contributed by atoms with Gasteiger partial charge in [-0.1, -0.05) is 42.8 Å². The highest BCUT2D eigenvalue weighted by molar-refractivity contribution is 6.29. The van der Waals surface area contributed by atoms with E-state index < -0.39 is 0 Å². The molecule has 3 nitrogen and oxygen atoms in total. The van der Waals surface area contributed by atoms with Crippen LogP contribution in [0.25, 0.3) is 22.3 Å². The fraction of sp³-hybridized carbons (Fsp3) is 0.133. The molecule has 0 aliphatic heterocycles. The van der Waals surface area contributed by atoms with Crippen molar-refractivity contribution in [3.63, 3.8) is 0 Å². The minimum absolute atomic E-state index is 0.455. The summed E-state index contributed by atoms with van der Waals surface area (Å²) in [5.74, 6) is 0.734. The molecular weight excluding hydrogens is 258 g/mol. The largest absolute Gasteiger partial charge is 0.246 e. The van der Waals surface area contributed by atoms with Gasteiger partial charge in [0.15, 0.2) is 0 Å². The molecule has 2 aromatic heterocycles. The van der Waals surface area contributed by atoms with Crippen molar-refractivity contribution in [2.24, 2.45) is 0 Å². The summed E-state index contributed by atoms with van der Waals surface area (Å²) in [6, 6.07) is 13.8. The van der Waals surface area contributed by atoms with Gasteiger partial charge in [-0.15, -0.1) is 0 Å². The van der Waals surface area contributed by atoms with E-state index in [-0.39, 0.29) is 0 Å². The minimum Gasteiger partial charge on any atom is -0.246 e. The third-order valence-electron chi connectivity index (χ3n) is 2.92. The Labute approximate surface area is 116 Å². The van der Waals surface area contributed by atoms with Crippen molar-refractivity contribution < 1.29 is 0 Å². The Kier molecular flexibility index (Phi) is 3.13. The lowest BCUT2D eigenvalue weighted by molar-refractivity contribution is 0.941. The molecule has 0 N–H and O–H groups in total. The molecule has 0 aliphatic rings. The molecule has 0 spiro atoms. The molecule has 4 heteroatoms. The number of nitrogens with zero attached hydrogens (tertiary/aromatic N) is 3. The molecule has 0 fully saturated rings. The van der Waals surface area contributed by atoms with Gasteiger partial charge in [0.05, 0.1) is 16.9 Å². The summed E-state index contributed by atoms with van der Waals surface area (Å²) in [7, 11) is 0. The van der Waals surface area contributed by atoms with E-state index in [1.807, 2.05) is 43.3 Å². The van der Waals surface area contributed by atoms with Gasteiger partial charge in [0.1, 0.15) is 11.0 Å². The van der Waals surface area contributed by atoms with E-state index in [4.69, 9.17) is 11.6 Å². The van der Waals surface area contributed by atoms with Crippen LogP contribution in [0.15, 0.2) is 42.5 Å². The first-order valence-corrected chi connectivity index (χ1v) is 6.53. The van der Waals surface area contributed by atoms with Gasteiger partial charge in [-0.3, -0.25) is 0 Å². The molecule has 0 atom stereocenters. The third-order valence-corrected chi connectivity index (χ3v) is 3.11. The molecule has 0 saturated carbocycles. The van der Waals surface area contributed by atoms with Crippen molar-refractivity contribution in [2.45, 2.75) is 13.3 Å². The van der Waals surface area contributed by atoms with Crippen LogP contribution in [-0.4, -0.2) is 15.0 Å². The maximum Gasteiger partial charge on any atom is 0.133 e. The van der Waals surface area contributed by atoms with Crippen LogP contribution >= 0.6 is 11.6 Å². The maximum absolute atomic E-state index is 6.02. The topological polar surface area (TPSA) is 38.7 Å². The SMILES string of the molecule is CCc1nc(Cl)cc(-c2ccc3ccccc3n2)n1. The van der Waals surface area contributed by atoms with Crippen LogP contribution in [0.1, 0.15) is 12.7 Å². The molecular formula is C15H12ClN3. The summed E-state index contributed by atoms with van der Waals surface area (Å²) in [6.45, 7) is 2.00. The fourth-order valence-corrected chi connectivity index (χ4v) is 2.16. The Morgan fingerprint density at radius 2 is 1.79 bits per heavy atom. The van der Waals surface area contributed by atoms with Crippen molar-refractivity contribution >= 4 is 22.5 Å². The molecule has 0 amide bonds. The average Bonchev–Trinajstić information content (AvgIpc) is 2.46. The first kappa shape index (κ1) is 12.1. The number of halogens is 1. The lowest BCUT2D eigenvalue weighted by Gasteiger charge is -2.04. The van der Waals surface area contributed by atoms with Crippen molar-refractivity contribution in [2.75, 3.05) is 0 Å². The Morgan fingerprint density at radius 1 is 0.947 bits per heavy atom. The van der Waals surface area contributed by atoms with Crippen LogP contribution in [0.3, 0.4) is 0 Å². The molecule has 0 saturated heterocycles. The van der Waals surface area contributed by atoms with Gasteiger partial charge < -0.3 is 0 Å². The van der Waals surface area contributed by atoms with E-state index in [2.05, 4.69) is 15.0 Å². The second-order valence-corrected chi connectivity index (χ2v) is 4.62. The standard InChI is InChI=1S/C15H12ClN3/c1-2-15-18-13(9-14(16)19-15)12-8-7-10-5-3-4-6-11(10)17-12/h3-9H,2H2,1H3. The highest BCUT2D eigenvalue weighted by Crippen LogP contribution is 2.21. The lowest BCUT2D eigenvalue weighted by Crippen LogP contribution is -1.96. The molecule has 19 heavy (non-hydrogen) atoms. The number of rotatable bonds is 2. The predicted molar refractivity (Wildman–Crippen MR) is 77.2 cm³/mol. The zero-order valence-corrected chi connectivity index (χ0v) is 11.2. The number of para-hydroxylation sites is 1. The van der Waals surface area contributed by atoms with Crippen molar-refractivity contribution in [1.82, 2.24) is 15.0 Å². The third kappa shape index (κ3) is 2.42. The van der Waals surface area contributed by atoms with Gasteiger partial charge in [0.2, 0.25) is 0 Å². The molecule has 2 heterocycles. The Morgan fingerprint density at radius 3 is 2.63 bits per heavy atom. The predicted octanol–water partition coefficient (Wildman–Crippen LogP) is 3.91. The van der Waals surface area contributed by atoms with Gasteiger partial charge in [0, 0.05) is 17.9 Å². The van der Waals surface area contributed by atoms with Gasteiger partial charge in [-0.25, -0.2) is 15.0 Å². The number of hydrogen-bond acceptors (Lipinski definition) is 3. The van der Waals surface area contributed by atoms with Gasteiger partial charge in [0.25, 0.3) is 0 Å². The van der Waals surface area contributed by atoms with Gasteiger partial charge in [-0.05, 0) is 12.1 Å². The molecule has 0 bridgehead atoms. The van der Waals surface area contributed by atoms with E-state index in [1.165, 1.54) is 0 Å². The fourth-order valence-electron chi connectivity index (χ4n) is 1.96. The second-order valence-electron chi connectivity index (χ2n) is 4.23. The first-order chi connectivity index (χ1) is 9.26. The summed E-state index contributed by atoms with van der Waals surface area (Å²) in [4.78, 5) is 13.3. The van der Waals surface area contributed by atoms with E-state index in [9.17, 15) is 0 Å². The number of fused-ring (bicyclic) bond motifs is 1. The van der Waals surface area contributed by atoms with E-state index in [1.54, 1.807) is 6.07 Å². The molecule has 0 unspecified atom stereocenters. The smallest absolute Gasteiger partial charge is 0.133 e. The van der Waals surface area contributed by atoms with E-state index >= 15 is 0 Å². The van der Waals surface area contributed by atoms with Crippen LogP contribution in [0.5, 0.6) is 0 Å². The molecule has 1 aromatic carbocycles. The summed E-state index contributed by atoms with van der Waals surface area (Å²) in [6.07, 6.45) is 0.751. The first-order valence-electron chi connectivity index (χ1n) is 6.16. The maximum atomic E-state index is 6.02. The summed E-state index contributed by atoms with van der Waals surface area (Å²) in [5, 5.41) is 1.57. The van der Waals surface area contributed by atoms with Crippen LogP contribution in [0, 0.1) is 0 Å².